The summed E-state index contributed by atoms with van der Waals surface area (Å²) < 4.78 is 0. The number of hydrogen-bond donors (Lipinski definition) is 1. The molecule has 0 aromatic heterocycles. The Kier molecular flexibility index (Phi) is 1.63. The number of Topliss-reactive ketones (excluding diaryl/α,β-unsaturated/α-hetero) is 1. The van der Waals surface area contributed by atoms with E-state index in [0.717, 1.165) is 0 Å². The molecule has 0 aromatic rings. The topological polar surface area (TPSA) is 41.5 Å². The lowest BCUT2D eigenvalue weighted by Gasteiger charge is -2.09. The van der Waals surface area contributed by atoms with Crippen molar-refractivity contribution in [1.29, 1.82) is 0 Å². The fourth-order valence-electron chi connectivity index (χ4n) is 0.591. The number of nitrogens with zero attached hydrogens (tertiary/aromatic N) is 1. The van der Waals surface area contributed by atoms with Crippen molar-refractivity contribution in [2.45, 2.75) is 13.0 Å². The number of carbonyl (C=O) groups is 1. The van der Waals surface area contributed by atoms with Gasteiger partial charge in [0.1, 0.15) is 6.04 Å². The SMILES string of the molecule is CC(=O)C1C=NC=CN1. The maximum Gasteiger partial charge on any atom is 0.157 e. The van der Waals surface area contributed by atoms with E-state index in [1.165, 1.54) is 6.92 Å². The minimum absolute atomic E-state index is 0.0862. The van der Waals surface area contributed by atoms with Gasteiger partial charge in [-0.25, -0.2) is 0 Å². The van der Waals surface area contributed by atoms with Crippen LogP contribution in [-0.2, 0) is 4.79 Å². The predicted octanol–water partition coefficient (Wildman–Crippen LogP) is 0.0892. The largest absolute Gasteiger partial charge is 0.376 e. The van der Waals surface area contributed by atoms with Crippen molar-refractivity contribution in [1.82, 2.24) is 5.32 Å². The lowest BCUT2D eigenvalue weighted by atomic mass is 10.2. The molecule has 1 heterocycles. The molecule has 48 valence electrons. The Hall–Kier alpha value is -1.12. The lowest BCUT2D eigenvalue weighted by Crippen LogP contribution is -2.34. The fraction of sp³-hybridized carbons (Fsp3) is 0.333. The summed E-state index contributed by atoms with van der Waals surface area (Å²) in [6.07, 6.45) is 4.86. The van der Waals surface area contributed by atoms with Gasteiger partial charge in [0, 0.05) is 18.6 Å². The number of ketones is 1. The first-order chi connectivity index (χ1) is 4.30. The molecule has 3 heteroatoms. The zero-order valence-electron chi connectivity index (χ0n) is 5.16. The second-order valence-corrected chi connectivity index (χ2v) is 1.87. The fourth-order valence-corrected chi connectivity index (χ4v) is 0.591. The van der Waals surface area contributed by atoms with Gasteiger partial charge in [-0.3, -0.25) is 9.79 Å². The predicted molar refractivity (Wildman–Crippen MR) is 35.2 cm³/mol. The van der Waals surface area contributed by atoms with E-state index >= 15 is 0 Å². The minimum atomic E-state index is -0.213. The molecular formula is C6H8N2O. The summed E-state index contributed by atoms with van der Waals surface area (Å²) in [6.45, 7) is 1.53. The van der Waals surface area contributed by atoms with Gasteiger partial charge in [-0.2, -0.15) is 0 Å². The van der Waals surface area contributed by atoms with Crippen molar-refractivity contribution in [3.63, 3.8) is 0 Å². The molecule has 9 heavy (non-hydrogen) atoms. The molecule has 0 amide bonds. The summed E-state index contributed by atoms with van der Waals surface area (Å²) in [7, 11) is 0. The molecule has 0 saturated heterocycles. The van der Waals surface area contributed by atoms with E-state index in [4.69, 9.17) is 0 Å². The molecule has 0 bridgehead atoms. The van der Waals surface area contributed by atoms with Crippen LogP contribution < -0.4 is 5.32 Å². The number of aliphatic imine (C=N–C) groups is 1. The molecule has 1 rings (SSSR count). The van der Waals surface area contributed by atoms with Crippen molar-refractivity contribution in [2.24, 2.45) is 4.99 Å². The molecule has 0 saturated carbocycles. The Morgan fingerprint density at radius 3 is 2.89 bits per heavy atom. The van der Waals surface area contributed by atoms with E-state index < -0.39 is 0 Å². The van der Waals surface area contributed by atoms with Gasteiger partial charge in [-0.1, -0.05) is 0 Å². The van der Waals surface area contributed by atoms with Crippen LogP contribution in [0.5, 0.6) is 0 Å². The van der Waals surface area contributed by atoms with E-state index in [-0.39, 0.29) is 11.8 Å². The highest BCUT2D eigenvalue weighted by Crippen LogP contribution is 1.88. The summed E-state index contributed by atoms with van der Waals surface area (Å²) in [5.74, 6) is 0.0862. The van der Waals surface area contributed by atoms with Crippen LogP contribution in [0.15, 0.2) is 17.4 Å². The number of hydrogen-bond acceptors (Lipinski definition) is 3. The third-order valence-electron chi connectivity index (χ3n) is 1.11. The minimum Gasteiger partial charge on any atom is -0.376 e. The highest BCUT2D eigenvalue weighted by molar-refractivity contribution is 5.98. The van der Waals surface area contributed by atoms with Crippen molar-refractivity contribution in [3.8, 4) is 0 Å². The molecule has 0 aromatic carbocycles. The lowest BCUT2D eigenvalue weighted by molar-refractivity contribution is -0.117. The van der Waals surface area contributed by atoms with Crippen LogP contribution in [0, 0.1) is 0 Å². The molecule has 1 N–H and O–H groups in total. The van der Waals surface area contributed by atoms with E-state index in [2.05, 4.69) is 10.3 Å². The molecule has 0 radical (unpaired) electrons. The van der Waals surface area contributed by atoms with Gasteiger partial charge in [0.25, 0.3) is 0 Å². The Bertz CT molecular complexity index is 172. The Morgan fingerprint density at radius 1 is 1.78 bits per heavy atom. The van der Waals surface area contributed by atoms with E-state index in [1.54, 1.807) is 18.6 Å². The molecule has 1 atom stereocenters. The van der Waals surface area contributed by atoms with Crippen LogP contribution in [0.2, 0.25) is 0 Å². The average molecular weight is 124 g/mol. The summed E-state index contributed by atoms with van der Waals surface area (Å²) in [4.78, 5) is 14.4. The highest BCUT2D eigenvalue weighted by Gasteiger charge is 2.08. The van der Waals surface area contributed by atoms with E-state index in [0.29, 0.717) is 0 Å². The van der Waals surface area contributed by atoms with Gasteiger partial charge >= 0.3 is 0 Å². The second-order valence-electron chi connectivity index (χ2n) is 1.87. The van der Waals surface area contributed by atoms with Crippen molar-refractivity contribution in [2.75, 3.05) is 0 Å². The van der Waals surface area contributed by atoms with Gasteiger partial charge in [0.05, 0.1) is 0 Å². The quantitative estimate of drug-likeness (QED) is 0.538. The van der Waals surface area contributed by atoms with Crippen molar-refractivity contribution >= 4 is 12.0 Å². The maximum absolute atomic E-state index is 10.6. The normalized spacial score (nSPS) is 23.4. The smallest absolute Gasteiger partial charge is 0.157 e. The molecule has 3 nitrogen and oxygen atoms in total. The standard InChI is InChI=1S/C6H8N2O/c1-5(9)6-4-7-2-3-8-6/h2-4,6,8H,1H3. The highest BCUT2D eigenvalue weighted by atomic mass is 16.1. The molecular weight excluding hydrogens is 116 g/mol. The summed E-state index contributed by atoms with van der Waals surface area (Å²) in [5.41, 5.74) is 0. The summed E-state index contributed by atoms with van der Waals surface area (Å²) in [5, 5.41) is 2.84. The maximum atomic E-state index is 10.6. The first-order valence-electron chi connectivity index (χ1n) is 2.75. The van der Waals surface area contributed by atoms with E-state index in [1.807, 2.05) is 0 Å². The molecule has 1 aliphatic rings. The molecule has 0 spiro atoms. The van der Waals surface area contributed by atoms with Gasteiger partial charge in [-0.05, 0) is 6.92 Å². The molecule has 1 aliphatic heterocycles. The first kappa shape index (κ1) is 6.01. The molecule has 0 aliphatic carbocycles. The summed E-state index contributed by atoms with van der Waals surface area (Å²) in [6, 6.07) is -0.213. The van der Waals surface area contributed by atoms with Crippen molar-refractivity contribution < 1.29 is 4.79 Å². The monoisotopic (exact) mass is 124 g/mol. The first-order valence-corrected chi connectivity index (χ1v) is 2.75. The van der Waals surface area contributed by atoms with Crippen LogP contribution in [0.4, 0.5) is 0 Å². The zero-order valence-corrected chi connectivity index (χ0v) is 5.16. The zero-order chi connectivity index (χ0) is 6.69. The van der Waals surface area contributed by atoms with Crippen LogP contribution in [0.3, 0.4) is 0 Å². The van der Waals surface area contributed by atoms with Crippen molar-refractivity contribution in [3.05, 3.63) is 12.4 Å². The van der Waals surface area contributed by atoms with Crippen LogP contribution in [0.1, 0.15) is 6.92 Å². The van der Waals surface area contributed by atoms with Gasteiger partial charge in [-0.15, -0.1) is 0 Å². The third kappa shape index (κ3) is 1.38. The van der Waals surface area contributed by atoms with E-state index in [9.17, 15) is 4.79 Å². The number of rotatable bonds is 1. The molecule has 0 fully saturated rings. The van der Waals surface area contributed by atoms with Gasteiger partial charge in [0.15, 0.2) is 5.78 Å². The third-order valence-corrected chi connectivity index (χ3v) is 1.11. The number of nitrogens with one attached hydrogen (secondary N) is 1. The summed E-state index contributed by atoms with van der Waals surface area (Å²) >= 11 is 0. The Morgan fingerprint density at radius 2 is 2.56 bits per heavy atom. The Balaban J connectivity index is 2.56. The van der Waals surface area contributed by atoms with Crippen LogP contribution in [0.25, 0.3) is 0 Å². The van der Waals surface area contributed by atoms with Gasteiger partial charge < -0.3 is 5.32 Å². The van der Waals surface area contributed by atoms with Gasteiger partial charge in [0.2, 0.25) is 0 Å². The van der Waals surface area contributed by atoms with Crippen LogP contribution in [-0.4, -0.2) is 18.0 Å². The average Bonchev–Trinajstić information content (AvgIpc) is 1.90. The number of carbonyl (C=O) groups excluding carboxylic acids is 1. The Labute approximate surface area is 53.5 Å². The second kappa shape index (κ2) is 2.44. The van der Waals surface area contributed by atoms with Crippen LogP contribution >= 0.6 is 0 Å². The molecule has 1 unspecified atom stereocenters.